The Morgan fingerprint density at radius 1 is 1.00 bits per heavy atom. The van der Waals surface area contributed by atoms with E-state index in [0.717, 1.165) is 78.0 Å². The summed E-state index contributed by atoms with van der Waals surface area (Å²) < 4.78 is 22.6. The maximum absolute atomic E-state index is 5.79. The van der Waals surface area contributed by atoms with Gasteiger partial charge in [-0.2, -0.15) is 0 Å². The number of methoxy groups -OCH3 is 1. The van der Waals surface area contributed by atoms with Gasteiger partial charge in [0.05, 0.1) is 26.0 Å². The SMILES string of the molecule is COc1cc(-c2cccc(-c3ccc4c(c3)OCCO4)c2C)ncc1CN1CC2(COC2)C1. The smallest absolute Gasteiger partial charge is 0.161 e. The minimum Gasteiger partial charge on any atom is -0.496 e. The zero-order chi connectivity index (χ0) is 22.4. The maximum atomic E-state index is 5.79. The predicted octanol–water partition coefficient (Wildman–Crippen LogP) is 4.34. The summed E-state index contributed by atoms with van der Waals surface area (Å²) in [5.74, 6) is 2.49. The van der Waals surface area contributed by atoms with E-state index in [1.807, 2.05) is 12.3 Å². The first kappa shape index (κ1) is 20.5. The Kier molecular flexibility index (Phi) is 5.00. The van der Waals surface area contributed by atoms with Crippen LogP contribution in [-0.2, 0) is 11.3 Å². The van der Waals surface area contributed by atoms with Crippen molar-refractivity contribution in [3.8, 4) is 39.6 Å². The lowest BCUT2D eigenvalue weighted by atomic mass is 9.78. The summed E-state index contributed by atoms with van der Waals surface area (Å²) in [5, 5.41) is 0. The van der Waals surface area contributed by atoms with Gasteiger partial charge < -0.3 is 18.9 Å². The first-order valence-electron chi connectivity index (χ1n) is 11.5. The van der Waals surface area contributed by atoms with E-state index >= 15 is 0 Å². The highest BCUT2D eigenvalue weighted by Crippen LogP contribution is 2.40. The average Bonchev–Trinajstić information content (AvgIpc) is 2.80. The van der Waals surface area contributed by atoms with Gasteiger partial charge in [0, 0.05) is 48.4 Å². The third-order valence-corrected chi connectivity index (χ3v) is 6.96. The molecule has 1 spiro atoms. The average molecular weight is 445 g/mol. The van der Waals surface area contributed by atoms with Gasteiger partial charge in [0.2, 0.25) is 0 Å². The third-order valence-electron chi connectivity index (χ3n) is 6.96. The molecule has 0 bridgehead atoms. The van der Waals surface area contributed by atoms with E-state index in [1.165, 1.54) is 5.56 Å². The van der Waals surface area contributed by atoms with E-state index in [-0.39, 0.29) is 0 Å². The normalized spacial score (nSPS) is 18.5. The molecular formula is C27H28N2O4. The molecule has 1 aromatic heterocycles. The van der Waals surface area contributed by atoms with Gasteiger partial charge in [0.15, 0.2) is 11.5 Å². The fourth-order valence-corrected chi connectivity index (χ4v) is 5.19. The van der Waals surface area contributed by atoms with Crippen LogP contribution in [0.3, 0.4) is 0 Å². The molecule has 4 heterocycles. The Bertz CT molecular complexity index is 1200. The highest BCUT2D eigenvalue weighted by atomic mass is 16.6. The van der Waals surface area contributed by atoms with Crippen molar-refractivity contribution in [2.75, 3.05) is 46.6 Å². The van der Waals surface area contributed by atoms with Crippen molar-refractivity contribution in [3.63, 3.8) is 0 Å². The van der Waals surface area contributed by atoms with Crippen LogP contribution in [0, 0.1) is 12.3 Å². The second-order valence-corrected chi connectivity index (χ2v) is 9.36. The van der Waals surface area contributed by atoms with Crippen LogP contribution in [0.25, 0.3) is 22.4 Å². The van der Waals surface area contributed by atoms with Gasteiger partial charge in [-0.15, -0.1) is 0 Å². The van der Waals surface area contributed by atoms with Crippen LogP contribution < -0.4 is 14.2 Å². The summed E-state index contributed by atoms with van der Waals surface area (Å²) in [6.07, 6.45) is 1.96. The van der Waals surface area contributed by atoms with Crippen molar-refractivity contribution in [2.45, 2.75) is 13.5 Å². The molecule has 0 unspecified atom stereocenters. The topological polar surface area (TPSA) is 53.0 Å². The molecule has 0 amide bonds. The van der Waals surface area contributed by atoms with E-state index in [1.54, 1.807) is 7.11 Å². The molecule has 33 heavy (non-hydrogen) atoms. The zero-order valence-electron chi connectivity index (χ0n) is 19.1. The number of fused-ring (bicyclic) bond motifs is 1. The fourth-order valence-electron chi connectivity index (χ4n) is 5.19. The van der Waals surface area contributed by atoms with Gasteiger partial charge in [-0.1, -0.05) is 24.3 Å². The first-order chi connectivity index (χ1) is 16.1. The van der Waals surface area contributed by atoms with Crippen LogP contribution in [-0.4, -0.2) is 56.5 Å². The summed E-state index contributed by atoms with van der Waals surface area (Å²) in [7, 11) is 1.73. The fraction of sp³-hybridized carbons (Fsp3) is 0.370. The predicted molar refractivity (Wildman–Crippen MR) is 126 cm³/mol. The number of rotatable bonds is 5. The molecule has 0 aliphatic carbocycles. The van der Waals surface area contributed by atoms with Crippen LogP contribution in [0.1, 0.15) is 11.1 Å². The molecule has 170 valence electrons. The summed E-state index contributed by atoms with van der Waals surface area (Å²) in [4.78, 5) is 7.27. The van der Waals surface area contributed by atoms with Crippen LogP contribution in [0.2, 0.25) is 0 Å². The van der Waals surface area contributed by atoms with Gasteiger partial charge in [0.1, 0.15) is 19.0 Å². The number of ether oxygens (including phenoxy) is 4. The molecule has 0 radical (unpaired) electrons. The molecule has 0 N–H and O–H groups in total. The van der Waals surface area contributed by atoms with Gasteiger partial charge in [-0.3, -0.25) is 9.88 Å². The van der Waals surface area contributed by atoms with Crippen LogP contribution >= 0.6 is 0 Å². The first-order valence-corrected chi connectivity index (χ1v) is 11.5. The largest absolute Gasteiger partial charge is 0.496 e. The molecule has 0 saturated carbocycles. The lowest BCUT2D eigenvalue weighted by molar-refractivity contribution is -0.191. The Morgan fingerprint density at radius 3 is 2.55 bits per heavy atom. The number of likely N-dealkylation sites (tertiary alicyclic amines) is 1. The number of benzene rings is 2. The number of hydrogen-bond donors (Lipinski definition) is 0. The van der Waals surface area contributed by atoms with Crippen LogP contribution in [0.4, 0.5) is 0 Å². The quantitative estimate of drug-likeness (QED) is 0.584. The Morgan fingerprint density at radius 2 is 1.79 bits per heavy atom. The van der Waals surface area contributed by atoms with Gasteiger partial charge >= 0.3 is 0 Å². The monoisotopic (exact) mass is 444 g/mol. The number of pyridine rings is 1. The number of aromatic nitrogens is 1. The second kappa shape index (κ2) is 8.04. The Labute approximate surface area is 194 Å². The minimum atomic E-state index is 0.409. The highest BCUT2D eigenvalue weighted by Gasteiger charge is 2.48. The molecule has 3 aliphatic heterocycles. The molecule has 0 atom stereocenters. The summed E-state index contributed by atoms with van der Waals surface area (Å²) in [5.41, 5.74) is 6.98. The van der Waals surface area contributed by atoms with Crippen LogP contribution in [0.5, 0.6) is 17.2 Å². The van der Waals surface area contributed by atoms with Crippen LogP contribution in [0.15, 0.2) is 48.7 Å². The molecular weight excluding hydrogens is 416 g/mol. The van der Waals surface area contributed by atoms with Gasteiger partial charge in [0.25, 0.3) is 0 Å². The standard InChI is InChI=1S/C27H28N2O4/c1-18-21(19-6-7-24-26(10-19)33-9-8-32-24)4-3-5-22(18)23-11-25(30-2)20(12-28-23)13-29-14-27(15-29)16-31-17-27/h3-7,10-12H,8-9,13-17H2,1-2H3. The molecule has 3 aromatic rings. The van der Waals surface area contributed by atoms with E-state index in [9.17, 15) is 0 Å². The Hall–Kier alpha value is -3.09. The second-order valence-electron chi connectivity index (χ2n) is 9.36. The van der Waals surface area contributed by atoms with E-state index in [2.05, 4.69) is 48.2 Å². The summed E-state index contributed by atoms with van der Waals surface area (Å²) in [6.45, 7) is 8.16. The van der Waals surface area contributed by atoms with Crippen molar-refractivity contribution in [1.82, 2.24) is 9.88 Å². The van der Waals surface area contributed by atoms with E-state index in [4.69, 9.17) is 23.9 Å². The van der Waals surface area contributed by atoms with Crippen molar-refractivity contribution >= 4 is 0 Å². The molecule has 3 aliphatic rings. The number of nitrogens with zero attached hydrogens (tertiary/aromatic N) is 2. The van der Waals surface area contributed by atoms with E-state index < -0.39 is 0 Å². The number of hydrogen-bond acceptors (Lipinski definition) is 6. The van der Waals surface area contributed by atoms with Crippen molar-refractivity contribution in [2.24, 2.45) is 5.41 Å². The van der Waals surface area contributed by atoms with E-state index in [0.29, 0.717) is 18.6 Å². The highest BCUT2D eigenvalue weighted by molar-refractivity contribution is 5.78. The molecule has 6 nitrogen and oxygen atoms in total. The van der Waals surface area contributed by atoms with Crippen molar-refractivity contribution in [1.29, 1.82) is 0 Å². The lowest BCUT2D eigenvalue weighted by Crippen LogP contribution is -2.65. The zero-order valence-corrected chi connectivity index (χ0v) is 19.1. The Balaban J connectivity index is 1.28. The lowest BCUT2D eigenvalue weighted by Gasteiger charge is -2.55. The maximum Gasteiger partial charge on any atom is 0.161 e. The minimum absolute atomic E-state index is 0.409. The summed E-state index contributed by atoms with van der Waals surface area (Å²) >= 11 is 0. The molecule has 6 rings (SSSR count). The van der Waals surface area contributed by atoms with Gasteiger partial charge in [-0.25, -0.2) is 0 Å². The summed E-state index contributed by atoms with van der Waals surface area (Å²) in [6, 6.07) is 14.5. The third kappa shape index (κ3) is 3.63. The van der Waals surface area contributed by atoms with Crippen molar-refractivity contribution < 1.29 is 18.9 Å². The molecule has 6 heteroatoms. The molecule has 2 fully saturated rings. The molecule has 2 saturated heterocycles. The molecule has 2 aromatic carbocycles. The van der Waals surface area contributed by atoms with Gasteiger partial charge in [-0.05, 0) is 35.7 Å². The van der Waals surface area contributed by atoms with Crippen molar-refractivity contribution in [3.05, 3.63) is 59.8 Å².